The highest BCUT2D eigenvalue weighted by Gasteiger charge is 2.45. The summed E-state index contributed by atoms with van der Waals surface area (Å²) in [5, 5.41) is 0. The zero-order valence-electron chi connectivity index (χ0n) is 18.8. The van der Waals surface area contributed by atoms with Gasteiger partial charge in [-0.3, -0.25) is 14.5 Å². The van der Waals surface area contributed by atoms with Crippen molar-refractivity contribution in [3.05, 3.63) is 53.1 Å². The number of Topliss-reactive ketones (excluding diaryl/α,β-unsaturated/α-hetero) is 1. The van der Waals surface area contributed by atoms with Gasteiger partial charge in [0.2, 0.25) is 0 Å². The number of likely N-dealkylation sites (tertiary alicyclic amines) is 1. The highest BCUT2D eigenvalue weighted by atomic mass is 19.1. The third kappa shape index (κ3) is 3.62. The van der Waals surface area contributed by atoms with Crippen molar-refractivity contribution in [2.45, 2.75) is 44.7 Å². The summed E-state index contributed by atoms with van der Waals surface area (Å²) in [6, 6.07) is 8.52. The van der Waals surface area contributed by atoms with Gasteiger partial charge >= 0.3 is 0 Å². The van der Waals surface area contributed by atoms with Crippen LogP contribution in [0.15, 0.2) is 30.3 Å². The molecule has 0 radical (unpaired) electrons. The average Bonchev–Trinajstić information content (AvgIpc) is 3.51. The molecule has 3 heterocycles. The molecule has 2 fully saturated rings. The van der Waals surface area contributed by atoms with Crippen LogP contribution in [-0.4, -0.2) is 59.3 Å². The van der Waals surface area contributed by atoms with Crippen molar-refractivity contribution in [1.82, 2.24) is 14.4 Å². The van der Waals surface area contributed by atoms with E-state index >= 15 is 0 Å². The third-order valence-electron chi connectivity index (χ3n) is 7.44. The molecule has 7 heteroatoms. The summed E-state index contributed by atoms with van der Waals surface area (Å²) in [7, 11) is 2.12. The Bertz CT molecular complexity index is 1050. The summed E-state index contributed by atoms with van der Waals surface area (Å²) in [4.78, 5) is 29.3. The molecule has 2 aromatic rings. The monoisotopic (exact) mass is 439 g/mol. The Morgan fingerprint density at radius 3 is 2.50 bits per heavy atom. The molecule has 1 spiro atoms. The Morgan fingerprint density at radius 2 is 1.84 bits per heavy atom. The number of likely N-dealkylation sites (N-methyl/N-ethyl adjacent to an activating group) is 1. The first-order valence-electron chi connectivity index (χ1n) is 11.5. The van der Waals surface area contributed by atoms with E-state index in [9.17, 15) is 14.0 Å². The molecular weight excluding hydrogens is 409 g/mol. The van der Waals surface area contributed by atoms with Crippen molar-refractivity contribution in [2.75, 3.05) is 33.3 Å². The zero-order chi connectivity index (χ0) is 22.5. The predicted octanol–water partition coefficient (Wildman–Crippen LogP) is 3.70. The van der Waals surface area contributed by atoms with Crippen LogP contribution in [0.4, 0.5) is 4.39 Å². The van der Waals surface area contributed by atoms with Crippen molar-refractivity contribution >= 4 is 11.7 Å². The van der Waals surface area contributed by atoms with Gasteiger partial charge in [-0.15, -0.1) is 0 Å². The largest absolute Gasteiger partial charge is 0.490 e. The van der Waals surface area contributed by atoms with Crippen LogP contribution in [-0.2, 0) is 12.1 Å². The first-order valence-corrected chi connectivity index (χ1v) is 11.5. The van der Waals surface area contributed by atoms with Crippen LogP contribution in [0.5, 0.6) is 5.75 Å². The molecule has 3 aliphatic rings. The maximum Gasteiger partial charge on any atom is 0.253 e. The number of aromatic nitrogens is 1. The van der Waals surface area contributed by atoms with Crippen LogP contribution < -0.4 is 4.74 Å². The Hall–Kier alpha value is -2.67. The number of piperidine rings is 1. The van der Waals surface area contributed by atoms with Gasteiger partial charge in [0.1, 0.15) is 0 Å². The topological polar surface area (TPSA) is 54.8 Å². The van der Waals surface area contributed by atoms with Crippen LogP contribution in [0.3, 0.4) is 0 Å². The number of halogens is 1. The van der Waals surface area contributed by atoms with Crippen molar-refractivity contribution in [2.24, 2.45) is 5.92 Å². The molecule has 32 heavy (non-hydrogen) atoms. The lowest BCUT2D eigenvalue weighted by atomic mass is 9.81. The molecule has 2 aliphatic heterocycles. The Labute approximate surface area is 187 Å². The van der Waals surface area contributed by atoms with Gasteiger partial charge in [-0.1, -0.05) is 0 Å². The highest BCUT2D eigenvalue weighted by molar-refractivity contribution is 5.94. The van der Waals surface area contributed by atoms with Crippen LogP contribution >= 0.6 is 0 Å². The SMILES string of the molecule is CC(=O)c1ccc2n1CCN(C)C21CCN(C(=O)c2ccc(OCC3CC3)c(F)c2)CC1. The van der Waals surface area contributed by atoms with Gasteiger partial charge in [-0.2, -0.15) is 0 Å². The van der Waals surface area contributed by atoms with Crippen molar-refractivity contribution in [1.29, 1.82) is 0 Å². The lowest BCUT2D eigenvalue weighted by Crippen LogP contribution is -2.56. The van der Waals surface area contributed by atoms with Gasteiger partial charge in [0.05, 0.1) is 17.8 Å². The van der Waals surface area contributed by atoms with Gasteiger partial charge in [0.25, 0.3) is 5.91 Å². The molecule has 1 aliphatic carbocycles. The summed E-state index contributed by atoms with van der Waals surface area (Å²) in [5.41, 5.74) is 2.09. The minimum atomic E-state index is -0.480. The normalized spacial score (nSPS) is 20.3. The van der Waals surface area contributed by atoms with Crippen LogP contribution in [0, 0.1) is 11.7 Å². The summed E-state index contributed by atoms with van der Waals surface area (Å²) < 4.78 is 22.2. The first kappa shape index (κ1) is 21.2. The quantitative estimate of drug-likeness (QED) is 0.667. The van der Waals surface area contributed by atoms with E-state index in [2.05, 4.69) is 22.6 Å². The molecule has 1 aromatic heterocycles. The van der Waals surface area contributed by atoms with Gasteiger partial charge < -0.3 is 14.2 Å². The molecule has 0 unspecified atom stereocenters. The number of ether oxygens (including phenoxy) is 1. The number of carbonyl (C=O) groups excluding carboxylic acids is 2. The summed E-state index contributed by atoms with van der Waals surface area (Å²) in [6.45, 7) is 4.99. The lowest BCUT2D eigenvalue weighted by molar-refractivity contribution is 0.0128. The maximum atomic E-state index is 14.5. The van der Waals surface area contributed by atoms with E-state index in [1.54, 1.807) is 19.1 Å². The molecule has 0 N–H and O–H groups in total. The second-order valence-corrected chi connectivity index (χ2v) is 9.46. The second kappa shape index (κ2) is 8.03. The molecular formula is C25H30FN3O3. The molecule has 1 saturated heterocycles. The second-order valence-electron chi connectivity index (χ2n) is 9.46. The molecule has 1 aromatic carbocycles. The van der Waals surface area contributed by atoms with Gasteiger partial charge in [-0.05, 0) is 69.0 Å². The van der Waals surface area contributed by atoms with E-state index in [4.69, 9.17) is 4.74 Å². The molecule has 1 amide bonds. The van der Waals surface area contributed by atoms with E-state index in [1.807, 2.05) is 11.0 Å². The fourth-order valence-corrected chi connectivity index (χ4v) is 5.23. The van der Waals surface area contributed by atoms with Gasteiger partial charge in [-0.25, -0.2) is 4.39 Å². The maximum absolute atomic E-state index is 14.5. The number of hydrogen-bond acceptors (Lipinski definition) is 4. The Morgan fingerprint density at radius 1 is 1.09 bits per heavy atom. The standard InChI is InChI=1S/C25H30FN3O3/c1-17(30)21-6-8-23-25(27(2)13-14-29(21)23)9-11-28(12-10-25)24(31)19-5-7-22(20(26)15-19)32-16-18-3-4-18/h5-8,15,18H,3-4,9-14,16H2,1-2H3. The number of fused-ring (bicyclic) bond motifs is 2. The molecule has 6 nitrogen and oxygen atoms in total. The van der Waals surface area contributed by atoms with E-state index in [0.29, 0.717) is 31.2 Å². The molecule has 5 rings (SSSR count). The van der Waals surface area contributed by atoms with Crippen molar-refractivity contribution in [3.8, 4) is 5.75 Å². The highest BCUT2D eigenvalue weighted by Crippen LogP contribution is 2.41. The summed E-state index contributed by atoms with van der Waals surface area (Å²) in [6.07, 6.45) is 3.85. The number of amides is 1. The first-order chi connectivity index (χ1) is 15.4. The number of benzene rings is 1. The van der Waals surface area contributed by atoms with Crippen LogP contribution in [0.2, 0.25) is 0 Å². The number of rotatable bonds is 5. The zero-order valence-corrected chi connectivity index (χ0v) is 18.8. The van der Waals surface area contributed by atoms with E-state index in [0.717, 1.165) is 50.2 Å². The van der Waals surface area contributed by atoms with E-state index in [-0.39, 0.29) is 23.0 Å². The minimum absolute atomic E-state index is 0.0788. The van der Waals surface area contributed by atoms with E-state index in [1.165, 1.54) is 6.07 Å². The summed E-state index contributed by atoms with van der Waals surface area (Å²) >= 11 is 0. The van der Waals surface area contributed by atoms with Crippen molar-refractivity contribution in [3.63, 3.8) is 0 Å². The predicted molar refractivity (Wildman–Crippen MR) is 119 cm³/mol. The van der Waals surface area contributed by atoms with Crippen molar-refractivity contribution < 1.29 is 18.7 Å². The van der Waals surface area contributed by atoms with E-state index < -0.39 is 5.82 Å². The molecule has 0 atom stereocenters. The number of nitrogens with zero attached hydrogens (tertiary/aromatic N) is 3. The molecule has 1 saturated carbocycles. The third-order valence-corrected chi connectivity index (χ3v) is 7.44. The lowest BCUT2D eigenvalue weighted by Gasteiger charge is -2.50. The minimum Gasteiger partial charge on any atom is -0.490 e. The fraction of sp³-hybridized carbons (Fsp3) is 0.520. The number of ketones is 1. The molecule has 0 bridgehead atoms. The Kier molecular flexibility index (Phi) is 5.32. The summed E-state index contributed by atoms with van der Waals surface area (Å²) in [5.74, 6) is 0.214. The molecule has 170 valence electrons. The average molecular weight is 440 g/mol. The Balaban J connectivity index is 1.30. The smallest absolute Gasteiger partial charge is 0.253 e. The van der Waals surface area contributed by atoms with Crippen LogP contribution in [0.25, 0.3) is 0 Å². The van der Waals surface area contributed by atoms with Crippen LogP contribution in [0.1, 0.15) is 59.1 Å². The van der Waals surface area contributed by atoms with Gasteiger partial charge in [0, 0.05) is 44.4 Å². The fourth-order valence-electron chi connectivity index (χ4n) is 5.23. The number of carbonyl (C=O) groups is 2. The number of hydrogen-bond donors (Lipinski definition) is 0. The van der Waals surface area contributed by atoms with Gasteiger partial charge in [0.15, 0.2) is 17.3 Å².